The molecule has 0 spiro atoms. The monoisotopic (exact) mass is 384 g/mol. The molecule has 0 amide bonds. The first-order valence-corrected chi connectivity index (χ1v) is 10.2. The SMILES string of the molecule is c1ccc2nc3c4c(ccc3nc2c1)-c1ccc2nc3ccccc3nc2c1CC4. The van der Waals surface area contributed by atoms with Gasteiger partial charge in [-0.1, -0.05) is 36.4 Å². The molecule has 4 aromatic carbocycles. The second kappa shape index (κ2) is 5.80. The summed E-state index contributed by atoms with van der Waals surface area (Å²) < 4.78 is 0. The molecular formula is C26H16N4. The number of rotatable bonds is 0. The fraction of sp³-hybridized carbons (Fsp3) is 0.0769. The second-order valence-corrected chi connectivity index (χ2v) is 7.84. The molecule has 2 heterocycles. The topological polar surface area (TPSA) is 51.6 Å². The summed E-state index contributed by atoms with van der Waals surface area (Å²) in [5.41, 5.74) is 12.8. The maximum Gasteiger partial charge on any atom is 0.0932 e. The van der Waals surface area contributed by atoms with Crippen molar-refractivity contribution in [1.82, 2.24) is 19.9 Å². The van der Waals surface area contributed by atoms with Crippen molar-refractivity contribution in [2.45, 2.75) is 12.8 Å². The van der Waals surface area contributed by atoms with Crippen molar-refractivity contribution in [3.05, 3.63) is 83.9 Å². The highest BCUT2D eigenvalue weighted by Gasteiger charge is 2.22. The molecule has 0 fully saturated rings. The highest BCUT2D eigenvalue weighted by atomic mass is 14.8. The fourth-order valence-electron chi connectivity index (χ4n) is 4.75. The van der Waals surface area contributed by atoms with E-state index in [0.717, 1.165) is 57.0 Å². The van der Waals surface area contributed by atoms with Crippen molar-refractivity contribution in [3.8, 4) is 11.1 Å². The van der Waals surface area contributed by atoms with Crippen molar-refractivity contribution in [3.63, 3.8) is 0 Å². The van der Waals surface area contributed by atoms with E-state index in [2.05, 4.69) is 24.3 Å². The van der Waals surface area contributed by atoms with Crippen LogP contribution in [0.1, 0.15) is 11.1 Å². The minimum absolute atomic E-state index is 0.931. The molecule has 0 atom stereocenters. The maximum atomic E-state index is 4.98. The van der Waals surface area contributed by atoms with Gasteiger partial charge in [0.2, 0.25) is 0 Å². The molecule has 6 aromatic rings. The van der Waals surface area contributed by atoms with Crippen molar-refractivity contribution in [2.75, 3.05) is 0 Å². The normalized spacial score (nSPS) is 13.1. The lowest BCUT2D eigenvalue weighted by atomic mass is 9.84. The molecule has 140 valence electrons. The predicted octanol–water partition coefficient (Wildman–Crippen LogP) is 5.65. The van der Waals surface area contributed by atoms with Crippen LogP contribution in [-0.4, -0.2) is 19.9 Å². The average molecular weight is 384 g/mol. The number of aryl methyl sites for hydroxylation is 2. The Kier molecular flexibility index (Phi) is 3.08. The number of benzene rings is 4. The summed E-state index contributed by atoms with van der Waals surface area (Å²) in [4.78, 5) is 19.6. The van der Waals surface area contributed by atoms with Crippen LogP contribution in [0.4, 0.5) is 0 Å². The zero-order valence-corrected chi connectivity index (χ0v) is 16.1. The van der Waals surface area contributed by atoms with Crippen LogP contribution in [0.25, 0.3) is 55.3 Å². The van der Waals surface area contributed by atoms with E-state index >= 15 is 0 Å². The van der Waals surface area contributed by atoms with Gasteiger partial charge in [0, 0.05) is 0 Å². The number of hydrogen-bond donors (Lipinski definition) is 0. The van der Waals surface area contributed by atoms with Crippen molar-refractivity contribution in [2.24, 2.45) is 0 Å². The van der Waals surface area contributed by atoms with Gasteiger partial charge in [0.15, 0.2) is 0 Å². The summed E-state index contributed by atoms with van der Waals surface area (Å²) in [6, 6.07) is 24.7. The summed E-state index contributed by atoms with van der Waals surface area (Å²) in [5.74, 6) is 0. The standard InChI is InChI=1S/C26H16N4/c1-3-7-21-19(5-1)27-23-13-11-15-16-12-14-24-26(18(16)10-9-17(15)25(23)29-21)30-22-8-4-2-6-20(22)28-24/h1-8,11-14H,9-10H2. The number of aromatic nitrogens is 4. The van der Waals surface area contributed by atoms with Gasteiger partial charge >= 0.3 is 0 Å². The van der Waals surface area contributed by atoms with E-state index < -0.39 is 0 Å². The van der Waals surface area contributed by atoms with Crippen LogP contribution in [-0.2, 0) is 12.8 Å². The Morgan fingerprint density at radius 1 is 0.400 bits per heavy atom. The highest BCUT2D eigenvalue weighted by Crippen LogP contribution is 2.39. The van der Waals surface area contributed by atoms with E-state index in [0.29, 0.717) is 0 Å². The molecule has 0 radical (unpaired) electrons. The van der Waals surface area contributed by atoms with Crippen LogP contribution in [0.5, 0.6) is 0 Å². The third kappa shape index (κ3) is 2.16. The van der Waals surface area contributed by atoms with Crippen LogP contribution in [0.3, 0.4) is 0 Å². The molecule has 7 rings (SSSR count). The fourth-order valence-corrected chi connectivity index (χ4v) is 4.75. The van der Waals surface area contributed by atoms with Gasteiger partial charge < -0.3 is 0 Å². The Labute approximate surface area is 172 Å². The number of nitrogens with zero attached hydrogens (tertiary/aromatic N) is 4. The first-order valence-electron chi connectivity index (χ1n) is 10.2. The molecule has 4 nitrogen and oxygen atoms in total. The Balaban J connectivity index is 1.52. The molecule has 2 aromatic heterocycles. The molecule has 0 N–H and O–H groups in total. The molecule has 4 heteroatoms. The minimum Gasteiger partial charge on any atom is -0.244 e. The molecule has 30 heavy (non-hydrogen) atoms. The lowest BCUT2D eigenvalue weighted by Crippen LogP contribution is -2.07. The van der Waals surface area contributed by atoms with Crippen LogP contribution < -0.4 is 0 Å². The van der Waals surface area contributed by atoms with E-state index in [9.17, 15) is 0 Å². The first kappa shape index (κ1) is 15.9. The lowest BCUT2D eigenvalue weighted by molar-refractivity contribution is 0.952. The number of fused-ring (bicyclic) bond motifs is 9. The van der Waals surface area contributed by atoms with Crippen LogP contribution >= 0.6 is 0 Å². The Morgan fingerprint density at radius 3 is 1.23 bits per heavy atom. The van der Waals surface area contributed by atoms with Crippen molar-refractivity contribution >= 4 is 44.1 Å². The van der Waals surface area contributed by atoms with Gasteiger partial charge in [0.1, 0.15) is 0 Å². The lowest BCUT2D eigenvalue weighted by Gasteiger charge is -2.22. The van der Waals surface area contributed by atoms with Gasteiger partial charge in [-0.05, 0) is 71.5 Å². The maximum absolute atomic E-state index is 4.98. The zero-order chi connectivity index (χ0) is 19.7. The van der Waals surface area contributed by atoms with E-state index in [4.69, 9.17) is 19.9 Å². The summed E-state index contributed by atoms with van der Waals surface area (Å²) >= 11 is 0. The third-order valence-electron chi connectivity index (χ3n) is 6.15. The van der Waals surface area contributed by atoms with Gasteiger partial charge in [-0.2, -0.15) is 0 Å². The number of para-hydroxylation sites is 4. The molecule has 1 aliphatic carbocycles. The van der Waals surface area contributed by atoms with Crippen molar-refractivity contribution in [1.29, 1.82) is 0 Å². The predicted molar refractivity (Wildman–Crippen MR) is 120 cm³/mol. The quantitative estimate of drug-likeness (QED) is 0.318. The molecule has 1 aliphatic rings. The second-order valence-electron chi connectivity index (χ2n) is 7.84. The van der Waals surface area contributed by atoms with Crippen LogP contribution in [0, 0.1) is 0 Å². The van der Waals surface area contributed by atoms with Crippen molar-refractivity contribution < 1.29 is 0 Å². The molecule has 0 saturated carbocycles. The molecule has 0 aliphatic heterocycles. The molecule has 0 bridgehead atoms. The molecule has 0 unspecified atom stereocenters. The smallest absolute Gasteiger partial charge is 0.0932 e. The zero-order valence-electron chi connectivity index (χ0n) is 16.1. The summed E-state index contributed by atoms with van der Waals surface area (Å²) in [7, 11) is 0. The third-order valence-corrected chi connectivity index (χ3v) is 6.15. The first-order chi connectivity index (χ1) is 14.8. The van der Waals surface area contributed by atoms with E-state index in [1.54, 1.807) is 0 Å². The summed E-state index contributed by atoms with van der Waals surface area (Å²) in [6.07, 6.45) is 1.86. The average Bonchev–Trinajstić information content (AvgIpc) is 2.80. The molecular weight excluding hydrogens is 368 g/mol. The minimum atomic E-state index is 0.931. The summed E-state index contributed by atoms with van der Waals surface area (Å²) in [5, 5.41) is 0. The highest BCUT2D eigenvalue weighted by molar-refractivity contribution is 5.97. The van der Waals surface area contributed by atoms with E-state index in [1.165, 1.54) is 22.3 Å². The van der Waals surface area contributed by atoms with Crippen LogP contribution in [0.15, 0.2) is 72.8 Å². The van der Waals surface area contributed by atoms with Gasteiger partial charge in [-0.25, -0.2) is 19.9 Å². The van der Waals surface area contributed by atoms with Gasteiger partial charge in [-0.15, -0.1) is 0 Å². The summed E-state index contributed by atoms with van der Waals surface area (Å²) in [6.45, 7) is 0. The van der Waals surface area contributed by atoms with E-state index in [-0.39, 0.29) is 0 Å². The Bertz CT molecular complexity index is 1530. The van der Waals surface area contributed by atoms with Crippen LogP contribution in [0.2, 0.25) is 0 Å². The molecule has 0 saturated heterocycles. The van der Waals surface area contributed by atoms with Gasteiger partial charge in [-0.3, -0.25) is 0 Å². The Morgan fingerprint density at radius 2 is 0.800 bits per heavy atom. The van der Waals surface area contributed by atoms with Gasteiger partial charge in [0.25, 0.3) is 0 Å². The Hall–Kier alpha value is -3.92. The number of hydrogen-bond acceptors (Lipinski definition) is 4. The van der Waals surface area contributed by atoms with Gasteiger partial charge in [0.05, 0.1) is 44.1 Å². The largest absolute Gasteiger partial charge is 0.244 e. The van der Waals surface area contributed by atoms with E-state index in [1.807, 2.05) is 48.5 Å².